The van der Waals surface area contributed by atoms with Crippen molar-refractivity contribution in [1.82, 2.24) is 0 Å². The van der Waals surface area contributed by atoms with Crippen LogP contribution in [-0.4, -0.2) is 20.2 Å². The average Bonchev–Trinajstić information content (AvgIpc) is 2.76. The van der Waals surface area contributed by atoms with Gasteiger partial charge in [-0.1, -0.05) is 28.1 Å². The van der Waals surface area contributed by atoms with Gasteiger partial charge in [0.1, 0.15) is 35.5 Å². The summed E-state index contributed by atoms with van der Waals surface area (Å²) in [4.78, 5) is 12.5. The third kappa shape index (κ3) is 4.67. The minimum Gasteiger partial charge on any atom is -0.496 e. The number of nitrogens with zero attached hydrogens (tertiary/aromatic N) is 1. The summed E-state index contributed by atoms with van der Waals surface area (Å²) < 4.78 is 22.6. The molecule has 160 valence electrons. The lowest BCUT2D eigenvalue weighted by Gasteiger charge is -2.27. The lowest BCUT2D eigenvalue weighted by molar-refractivity contribution is -0.136. The summed E-state index contributed by atoms with van der Waals surface area (Å²) in [5.74, 6) is 0.214. The molecule has 1 heterocycles. The van der Waals surface area contributed by atoms with Crippen LogP contribution in [0.3, 0.4) is 0 Å². The molecule has 31 heavy (non-hydrogen) atoms. The fourth-order valence-electron chi connectivity index (χ4n) is 3.40. The van der Waals surface area contributed by atoms with Crippen LogP contribution in [0.5, 0.6) is 11.5 Å². The molecule has 0 saturated heterocycles. The number of methoxy groups -OCH3 is 2. The predicted molar refractivity (Wildman–Crippen MR) is 117 cm³/mol. The number of esters is 1. The molecule has 1 aliphatic rings. The Morgan fingerprint density at radius 1 is 1.26 bits per heavy atom. The van der Waals surface area contributed by atoms with Crippen LogP contribution in [0.2, 0.25) is 0 Å². The number of benzene rings is 2. The van der Waals surface area contributed by atoms with Crippen molar-refractivity contribution in [2.24, 2.45) is 5.73 Å². The van der Waals surface area contributed by atoms with Crippen molar-refractivity contribution >= 4 is 21.9 Å². The molecule has 2 N–H and O–H groups in total. The summed E-state index contributed by atoms with van der Waals surface area (Å²) in [5.41, 5.74) is 7.71. The van der Waals surface area contributed by atoms with E-state index in [1.54, 1.807) is 26.2 Å². The molecule has 0 aliphatic carbocycles. The first-order valence-electron chi connectivity index (χ1n) is 9.31. The molecule has 2 aromatic rings. The van der Waals surface area contributed by atoms with Gasteiger partial charge in [-0.2, -0.15) is 5.26 Å². The Labute approximate surface area is 188 Å². The molecule has 1 aliphatic heterocycles. The summed E-state index contributed by atoms with van der Waals surface area (Å²) in [6.07, 6.45) is 0. The van der Waals surface area contributed by atoms with E-state index in [0.29, 0.717) is 17.1 Å². The van der Waals surface area contributed by atoms with Gasteiger partial charge in [-0.15, -0.1) is 0 Å². The number of carbonyl (C=O) groups is 1. The van der Waals surface area contributed by atoms with Gasteiger partial charge in [0, 0.05) is 10.0 Å². The van der Waals surface area contributed by atoms with Crippen LogP contribution in [0.15, 0.2) is 69.7 Å². The van der Waals surface area contributed by atoms with E-state index in [4.69, 9.17) is 24.7 Å². The Morgan fingerprint density at radius 3 is 2.68 bits per heavy atom. The first kappa shape index (κ1) is 22.2. The van der Waals surface area contributed by atoms with Crippen molar-refractivity contribution in [2.75, 3.05) is 14.2 Å². The Balaban J connectivity index is 2.04. The highest BCUT2D eigenvalue weighted by molar-refractivity contribution is 9.10. The van der Waals surface area contributed by atoms with Gasteiger partial charge in [0.2, 0.25) is 5.88 Å². The molecule has 2 aromatic carbocycles. The van der Waals surface area contributed by atoms with E-state index in [2.05, 4.69) is 22.0 Å². The third-order valence-corrected chi connectivity index (χ3v) is 5.33. The number of rotatable bonds is 6. The predicted octanol–water partition coefficient (Wildman–Crippen LogP) is 4.29. The maximum Gasteiger partial charge on any atom is 0.338 e. The SMILES string of the molecule is COC(=O)C1=C(C)OC(N)=C(C#N)[C@H]1c1ccc(OC)c(COc2cccc(Br)c2)c1. The molecule has 0 amide bonds. The molecular weight excluding hydrogens is 464 g/mol. The fraction of sp³-hybridized carbons (Fsp3) is 0.217. The topological polar surface area (TPSA) is 104 Å². The third-order valence-electron chi connectivity index (χ3n) is 4.84. The number of allylic oxidation sites excluding steroid dienone is 2. The van der Waals surface area contributed by atoms with E-state index in [1.165, 1.54) is 7.11 Å². The van der Waals surface area contributed by atoms with E-state index >= 15 is 0 Å². The van der Waals surface area contributed by atoms with Gasteiger partial charge < -0.3 is 24.7 Å². The molecule has 0 unspecified atom stereocenters. The minimum absolute atomic E-state index is 0.0413. The number of hydrogen-bond donors (Lipinski definition) is 1. The van der Waals surface area contributed by atoms with Crippen molar-refractivity contribution in [3.8, 4) is 17.6 Å². The number of nitriles is 1. The van der Waals surface area contributed by atoms with Gasteiger partial charge in [0.15, 0.2) is 0 Å². The number of nitrogens with two attached hydrogens (primary N) is 1. The zero-order valence-electron chi connectivity index (χ0n) is 17.3. The minimum atomic E-state index is -0.735. The summed E-state index contributed by atoms with van der Waals surface area (Å²) >= 11 is 3.42. The smallest absolute Gasteiger partial charge is 0.338 e. The second-order valence-electron chi connectivity index (χ2n) is 6.70. The molecule has 1 atom stereocenters. The van der Waals surface area contributed by atoms with Gasteiger partial charge in [0.05, 0.1) is 25.7 Å². The molecule has 0 aromatic heterocycles. The highest BCUT2D eigenvalue weighted by atomic mass is 79.9. The molecular formula is C23H21BrN2O5. The monoisotopic (exact) mass is 484 g/mol. The van der Waals surface area contributed by atoms with Crippen LogP contribution < -0.4 is 15.2 Å². The maximum atomic E-state index is 12.5. The Hall–Kier alpha value is -3.44. The van der Waals surface area contributed by atoms with Crippen LogP contribution >= 0.6 is 15.9 Å². The Kier molecular flexibility index (Phi) is 6.88. The van der Waals surface area contributed by atoms with Crippen LogP contribution in [-0.2, 0) is 20.9 Å². The lowest BCUT2D eigenvalue weighted by atomic mass is 9.82. The molecule has 0 bridgehead atoms. The van der Waals surface area contributed by atoms with Crippen LogP contribution in [0.25, 0.3) is 0 Å². The summed E-state index contributed by atoms with van der Waals surface area (Å²) in [5, 5.41) is 9.70. The Morgan fingerprint density at radius 2 is 2.03 bits per heavy atom. The normalized spacial score (nSPS) is 15.8. The molecule has 0 radical (unpaired) electrons. The van der Waals surface area contributed by atoms with Crippen LogP contribution in [0, 0.1) is 11.3 Å². The molecule has 8 heteroatoms. The van der Waals surface area contributed by atoms with Gasteiger partial charge in [0.25, 0.3) is 0 Å². The van der Waals surface area contributed by atoms with Gasteiger partial charge in [-0.25, -0.2) is 4.79 Å². The number of halogens is 1. The molecule has 0 spiro atoms. The average molecular weight is 485 g/mol. The quantitative estimate of drug-likeness (QED) is 0.609. The van der Waals surface area contributed by atoms with Crippen molar-refractivity contribution < 1.29 is 23.7 Å². The lowest BCUT2D eigenvalue weighted by Crippen LogP contribution is -2.25. The second kappa shape index (κ2) is 9.58. The highest BCUT2D eigenvalue weighted by Crippen LogP contribution is 2.40. The van der Waals surface area contributed by atoms with Crippen LogP contribution in [0.1, 0.15) is 24.0 Å². The van der Waals surface area contributed by atoms with Crippen molar-refractivity contribution in [1.29, 1.82) is 5.26 Å². The highest BCUT2D eigenvalue weighted by Gasteiger charge is 2.36. The van der Waals surface area contributed by atoms with Crippen molar-refractivity contribution in [3.63, 3.8) is 0 Å². The standard InChI is InChI=1S/C23H21BrN2O5/c1-13-20(23(27)29-3)21(18(11-25)22(26)31-13)14-7-8-19(28-2)15(9-14)12-30-17-6-4-5-16(24)10-17/h4-10,21H,12,26H2,1-3H3/t21-/m1/s1. The molecule has 3 rings (SSSR count). The van der Waals surface area contributed by atoms with E-state index in [-0.39, 0.29) is 29.4 Å². The first-order chi connectivity index (χ1) is 14.9. The largest absolute Gasteiger partial charge is 0.496 e. The van der Waals surface area contributed by atoms with E-state index in [0.717, 1.165) is 10.0 Å². The number of ether oxygens (including phenoxy) is 4. The van der Waals surface area contributed by atoms with Crippen LogP contribution in [0.4, 0.5) is 0 Å². The van der Waals surface area contributed by atoms with Gasteiger partial charge >= 0.3 is 5.97 Å². The zero-order valence-corrected chi connectivity index (χ0v) is 18.9. The van der Waals surface area contributed by atoms with Crippen molar-refractivity contribution in [3.05, 3.63) is 80.9 Å². The first-order valence-corrected chi connectivity index (χ1v) is 10.1. The number of carbonyl (C=O) groups excluding carboxylic acids is 1. The number of hydrogen-bond acceptors (Lipinski definition) is 7. The van der Waals surface area contributed by atoms with Gasteiger partial charge in [-0.3, -0.25) is 0 Å². The summed E-state index contributed by atoms with van der Waals surface area (Å²) in [6, 6.07) is 14.9. The molecule has 0 fully saturated rings. The summed E-state index contributed by atoms with van der Waals surface area (Å²) in [6.45, 7) is 1.83. The van der Waals surface area contributed by atoms with E-state index < -0.39 is 11.9 Å². The van der Waals surface area contributed by atoms with Crippen molar-refractivity contribution in [2.45, 2.75) is 19.4 Å². The zero-order chi connectivity index (χ0) is 22.5. The van der Waals surface area contributed by atoms with Gasteiger partial charge in [-0.05, 0) is 42.8 Å². The maximum absolute atomic E-state index is 12.5. The van der Waals surface area contributed by atoms with E-state index in [9.17, 15) is 10.1 Å². The second-order valence-corrected chi connectivity index (χ2v) is 7.62. The fourth-order valence-corrected chi connectivity index (χ4v) is 3.78. The molecule has 0 saturated carbocycles. The van der Waals surface area contributed by atoms with E-state index in [1.807, 2.05) is 30.3 Å². The molecule has 7 nitrogen and oxygen atoms in total. The Bertz CT molecular complexity index is 1120. The summed E-state index contributed by atoms with van der Waals surface area (Å²) in [7, 11) is 2.84.